The maximum atomic E-state index is 12.9. The second-order valence-corrected chi connectivity index (χ2v) is 11.4. The minimum atomic E-state index is -0.410. The van der Waals surface area contributed by atoms with Gasteiger partial charge < -0.3 is 9.47 Å². The van der Waals surface area contributed by atoms with Gasteiger partial charge in [0.1, 0.15) is 12.4 Å². The van der Waals surface area contributed by atoms with Crippen LogP contribution in [0.3, 0.4) is 0 Å². The first kappa shape index (κ1) is 27.0. The van der Waals surface area contributed by atoms with E-state index < -0.39 is 5.97 Å². The number of carbonyl (C=O) groups is 2. The molecule has 0 N–H and O–H groups in total. The van der Waals surface area contributed by atoms with Crippen molar-refractivity contribution in [3.8, 4) is 5.75 Å². The highest BCUT2D eigenvalue weighted by Gasteiger charge is 2.30. The van der Waals surface area contributed by atoms with E-state index in [2.05, 4.69) is 50.2 Å². The Morgan fingerprint density at radius 3 is 2.33 bits per heavy atom. The molecule has 3 aromatic carbocycles. The minimum Gasteiger partial charge on any atom is -0.487 e. The zero-order valence-electron chi connectivity index (χ0n) is 19.1. The smallest absolute Gasteiger partial charge is 0.337 e. The van der Waals surface area contributed by atoms with Crippen LogP contribution in [0.25, 0.3) is 6.08 Å². The minimum absolute atomic E-state index is 0.127. The quantitative estimate of drug-likeness (QED) is 0.153. The molecule has 0 atom stereocenters. The van der Waals surface area contributed by atoms with Crippen molar-refractivity contribution in [3.63, 3.8) is 0 Å². The molecule has 0 radical (unpaired) electrons. The number of amides is 1. The Labute approximate surface area is 245 Å². The summed E-state index contributed by atoms with van der Waals surface area (Å²) in [6, 6.07) is 18.2. The summed E-state index contributed by atoms with van der Waals surface area (Å²) in [4.78, 5) is 31.2. The maximum Gasteiger partial charge on any atom is 0.337 e. The molecule has 0 saturated carbocycles. The van der Waals surface area contributed by atoms with Gasteiger partial charge in [0, 0.05) is 12.1 Å². The fourth-order valence-electron chi connectivity index (χ4n) is 3.24. The van der Waals surface area contributed by atoms with Crippen molar-refractivity contribution in [1.82, 2.24) is 4.90 Å². The number of methoxy groups -OCH3 is 1. The molecule has 1 fully saturated rings. The average molecular weight is 745 g/mol. The van der Waals surface area contributed by atoms with Crippen LogP contribution in [-0.2, 0) is 16.1 Å². The number of amidine groups is 1. The molecule has 3 aromatic rings. The van der Waals surface area contributed by atoms with Crippen LogP contribution in [0.1, 0.15) is 21.5 Å². The van der Waals surface area contributed by atoms with Crippen LogP contribution in [0, 0.1) is 7.14 Å². The Morgan fingerprint density at radius 1 is 1.08 bits per heavy atom. The Bertz CT molecular complexity index is 1350. The lowest BCUT2D eigenvalue weighted by Gasteiger charge is -2.12. The van der Waals surface area contributed by atoms with E-state index in [9.17, 15) is 9.59 Å². The predicted molar refractivity (Wildman–Crippen MR) is 161 cm³/mol. The van der Waals surface area contributed by atoms with Gasteiger partial charge in [0.15, 0.2) is 5.17 Å². The Morgan fingerprint density at radius 2 is 1.72 bits per heavy atom. The van der Waals surface area contributed by atoms with E-state index in [1.807, 2.05) is 42.5 Å². The van der Waals surface area contributed by atoms with Crippen molar-refractivity contribution in [3.05, 3.63) is 94.4 Å². The van der Waals surface area contributed by atoms with E-state index in [0.29, 0.717) is 33.0 Å². The van der Waals surface area contributed by atoms with Crippen molar-refractivity contribution in [1.29, 1.82) is 0 Å². The maximum absolute atomic E-state index is 12.9. The third-order valence-corrected chi connectivity index (χ3v) is 8.05. The highest BCUT2D eigenvalue weighted by Crippen LogP contribution is 2.35. The lowest BCUT2D eigenvalue weighted by atomic mass is 10.2. The number of esters is 1. The summed E-state index contributed by atoms with van der Waals surface area (Å²) in [6.45, 7) is 0.434. The van der Waals surface area contributed by atoms with E-state index >= 15 is 0 Å². The Kier molecular flexibility index (Phi) is 8.96. The molecule has 6 nitrogen and oxygen atoms in total. The summed E-state index contributed by atoms with van der Waals surface area (Å²) in [6.07, 6.45) is 1.86. The number of rotatable bonds is 6. The van der Waals surface area contributed by atoms with Gasteiger partial charge in [-0.25, -0.2) is 9.79 Å². The lowest BCUT2D eigenvalue weighted by molar-refractivity contribution is -0.121. The number of thioether (sulfide) groups is 1. The fraction of sp³-hybridized carbons (Fsp3) is 0.115. The normalized spacial score (nSPS) is 15.6. The third kappa shape index (κ3) is 6.42. The molecule has 1 heterocycles. The molecule has 1 saturated heterocycles. The van der Waals surface area contributed by atoms with Crippen molar-refractivity contribution >= 4 is 97.4 Å². The zero-order valence-corrected chi connectivity index (χ0v) is 25.0. The number of hydrogen-bond donors (Lipinski definition) is 0. The largest absolute Gasteiger partial charge is 0.487 e. The molecule has 1 amide bonds. The zero-order chi connectivity index (χ0) is 25.8. The first-order valence-electron chi connectivity index (χ1n) is 10.6. The van der Waals surface area contributed by atoms with Crippen LogP contribution in [0.4, 0.5) is 5.69 Å². The van der Waals surface area contributed by atoms with Gasteiger partial charge in [-0.3, -0.25) is 9.69 Å². The summed E-state index contributed by atoms with van der Waals surface area (Å²) < 4.78 is 12.7. The van der Waals surface area contributed by atoms with Crippen LogP contribution >= 0.6 is 68.5 Å². The van der Waals surface area contributed by atoms with E-state index in [0.717, 1.165) is 24.0 Å². The Hall–Kier alpha value is -2.09. The molecule has 184 valence electrons. The second kappa shape index (κ2) is 12.0. The molecule has 0 aliphatic carbocycles. The molecular formula is C26H19ClI2N2O4S. The van der Waals surface area contributed by atoms with E-state index in [1.165, 1.54) is 23.8 Å². The Balaban J connectivity index is 1.51. The van der Waals surface area contributed by atoms with Crippen LogP contribution < -0.4 is 4.74 Å². The third-order valence-electron chi connectivity index (χ3n) is 5.13. The summed E-state index contributed by atoms with van der Waals surface area (Å²) in [7, 11) is 3.03. The van der Waals surface area contributed by atoms with E-state index in [-0.39, 0.29) is 5.91 Å². The number of carbonyl (C=O) groups excluding carboxylic acids is 2. The molecule has 1 aliphatic heterocycles. The van der Waals surface area contributed by atoms with Crippen LogP contribution in [-0.4, -0.2) is 36.1 Å². The van der Waals surface area contributed by atoms with Gasteiger partial charge in [-0.15, -0.1) is 0 Å². The second-order valence-electron chi connectivity index (χ2n) is 7.64. The monoisotopic (exact) mass is 744 g/mol. The van der Waals surface area contributed by atoms with Crippen molar-refractivity contribution in [2.45, 2.75) is 6.61 Å². The molecule has 1 aliphatic rings. The summed E-state index contributed by atoms with van der Waals surface area (Å²) >= 11 is 11.8. The first-order valence-corrected chi connectivity index (χ1v) is 13.9. The summed E-state index contributed by atoms with van der Waals surface area (Å²) in [5.41, 5.74) is 3.00. The topological polar surface area (TPSA) is 68.2 Å². The SMILES string of the molecule is COC(=O)c1ccc(N=C2S/C(=C\c3cc(I)c(OCc4ccc(Cl)cc4)c(I)c3)C(=O)N2C)cc1. The standard InChI is InChI=1S/C26H19ClI2N2O4S/c1-31-24(32)22(36-26(31)30-19-9-5-17(6-10-19)25(33)34-2)13-16-11-20(28)23(21(29)12-16)35-14-15-3-7-18(27)8-4-15/h3-13H,14H2,1-2H3/b22-13-,30-26?. The fourth-order valence-corrected chi connectivity index (χ4v) is 6.48. The van der Waals surface area contributed by atoms with Gasteiger partial charge in [-0.2, -0.15) is 0 Å². The van der Waals surface area contributed by atoms with Gasteiger partial charge in [0.2, 0.25) is 0 Å². The molecule has 0 unspecified atom stereocenters. The molecule has 0 spiro atoms. The summed E-state index contributed by atoms with van der Waals surface area (Å²) in [5, 5.41) is 1.25. The van der Waals surface area contributed by atoms with Crippen LogP contribution in [0.2, 0.25) is 5.02 Å². The average Bonchev–Trinajstić information content (AvgIpc) is 3.12. The molecule has 4 rings (SSSR count). The molecular weight excluding hydrogens is 726 g/mol. The number of likely N-dealkylation sites (N-methyl/N-ethyl adjacent to an activating group) is 1. The molecule has 0 aromatic heterocycles. The van der Waals surface area contributed by atoms with Crippen LogP contribution in [0.15, 0.2) is 70.6 Å². The molecule has 10 heteroatoms. The van der Waals surface area contributed by atoms with Crippen LogP contribution in [0.5, 0.6) is 5.75 Å². The van der Waals surface area contributed by atoms with Crippen molar-refractivity contribution < 1.29 is 19.1 Å². The molecule has 36 heavy (non-hydrogen) atoms. The predicted octanol–water partition coefficient (Wildman–Crippen LogP) is 7.15. The number of halogens is 3. The van der Waals surface area contributed by atoms with Gasteiger partial charge >= 0.3 is 5.97 Å². The lowest BCUT2D eigenvalue weighted by Crippen LogP contribution is -2.23. The number of nitrogens with zero attached hydrogens (tertiary/aromatic N) is 2. The van der Waals surface area contributed by atoms with E-state index in [4.69, 9.17) is 21.1 Å². The van der Waals surface area contributed by atoms with Crippen molar-refractivity contribution in [2.24, 2.45) is 4.99 Å². The highest BCUT2D eigenvalue weighted by atomic mass is 127. The van der Waals surface area contributed by atoms with Gasteiger partial charge in [-0.05, 0) is 123 Å². The molecule has 0 bridgehead atoms. The number of hydrogen-bond acceptors (Lipinski definition) is 6. The number of benzene rings is 3. The van der Waals surface area contributed by atoms with Gasteiger partial charge in [-0.1, -0.05) is 23.7 Å². The highest BCUT2D eigenvalue weighted by molar-refractivity contribution is 14.1. The first-order chi connectivity index (χ1) is 17.2. The van der Waals surface area contributed by atoms with Gasteiger partial charge in [0.25, 0.3) is 5.91 Å². The number of aliphatic imine (C=N–C) groups is 1. The van der Waals surface area contributed by atoms with E-state index in [1.54, 1.807) is 31.3 Å². The summed E-state index contributed by atoms with van der Waals surface area (Å²) in [5.74, 6) is 0.263. The number of ether oxygens (including phenoxy) is 2. The van der Waals surface area contributed by atoms with Gasteiger partial charge in [0.05, 0.1) is 30.4 Å². The van der Waals surface area contributed by atoms with Crippen molar-refractivity contribution in [2.75, 3.05) is 14.2 Å².